The lowest BCUT2D eigenvalue weighted by Crippen LogP contribution is -2.35. The van der Waals surface area contributed by atoms with E-state index in [1.54, 1.807) is 6.08 Å². The maximum Gasteiger partial charge on any atom is 0.283 e. The lowest BCUT2D eigenvalue weighted by molar-refractivity contribution is -0.114. The molecule has 1 aromatic heterocycles. The summed E-state index contributed by atoms with van der Waals surface area (Å²) in [5, 5.41) is 16.2. The molecule has 0 radical (unpaired) electrons. The van der Waals surface area contributed by atoms with E-state index in [1.807, 2.05) is 6.92 Å². The van der Waals surface area contributed by atoms with Gasteiger partial charge in [0.1, 0.15) is 5.04 Å². The smallest absolute Gasteiger partial charge is 0.283 e. The summed E-state index contributed by atoms with van der Waals surface area (Å²) in [6.45, 7) is 10.5. The molecule has 1 amide bonds. The van der Waals surface area contributed by atoms with E-state index in [0.29, 0.717) is 5.17 Å². The first-order valence-electron chi connectivity index (χ1n) is 12.1. The molecule has 1 aromatic carbocycles. The number of fused-ring (bicyclic) bond motifs is 1. The van der Waals surface area contributed by atoms with Gasteiger partial charge in [-0.25, -0.2) is 0 Å². The lowest BCUT2D eigenvalue weighted by atomic mass is 10.1. The second-order valence-electron chi connectivity index (χ2n) is 9.11. The Morgan fingerprint density at radius 3 is 2.53 bits per heavy atom. The fourth-order valence-electron chi connectivity index (χ4n) is 4.36. The van der Waals surface area contributed by atoms with Crippen LogP contribution in [0.2, 0.25) is 0 Å². The first-order valence-corrected chi connectivity index (χ1v) is 12.9. The minimum atomic E-state index is -0.376. The molecule has 3 heterocycles. The Balaban J connectivity index is 1.57. The maximum absolute atomic E-state index is 12.9. The summed E-state index contributed by atoms with van der Waals surface area (Å²) >= 11 is 1.42. The molecule has 1 N–H and O–H groups in total. The Morgan fingerprint density at radius 1 is 1.03 bits per heavy atom. The number of amides is 1. The molecule has 34 heavy (non-hydrogen) atoms. The molecule has 4 rings (SSSR count). The second-order valence-corrected chi connectivity index (χ2v) is 10.1. The van der Waals surface area contributed by atoms with Gasteiger partial charge in [-0.1, -0.05) is 38.7 Å². The number of nitrogens with one attached hydrogen (secondary N) is 1. The van der Waals surface area contributed by atoms with Crippen LogP contribution in [0.25, 0.3) is 11.8 Å². The third kappa shape index (κ3) is 4.80. The van der Waals surface area contributed by atoms with Crippen molar-refractivity contribution in [2.45, 2.75) is 73.1 Å². The van der Waals surface area contributed by atoms with E-state index in [9.17, 15) is 4.79 Å². The van der Waals surface area contributed by atoms with Crippen LogP contribution in [0.3, 0.4) is 0 Å². The van der Waals surface area contributed by atoms with Crippen molar-refractivity contribution in [3.8, 4) is 5.69 Å². The Hall–Kier alpha value is -2.93. The van der Waals surface area contributed by atoms with Gasteiger partial charge in [0.2, 0.25) is 5.17 Å². The number of aliphatic imine (C=N–C) groups is 1. The normalized spacial score (nSPS) is 16.9. The number of rotatable bonds is 8. The summed E-state index contributed by atoms with van der Waals surface area (Å²) in [5.74, 6) is -0.279. The molecule has 0 saturated carbocycles. The van der Waals surface area contributed by atoms with Gasteiger partial charge in [0, 0.05) is 17.1 Å². The van der Waals surface area contributed by atoms with Gasteiger partial charge in [0.05, 0.1) is 5.57 Å². The Bertz CT molecular complexity index is 1230. The van der Waals surface area contributed by atoms with Crippen molar-refractivity contribution in [2.75, 3.05) is 0 Å². The SMILES string of the molecule is CCCCCCCC1=NN2C(=N)C(=Cc3cc(C)n(-c4ccc(C)c(C)c4)c3C)C(=O)N=C2S1. The van der Waals surface area contributed by atoms with Gasteiger partial charge < -0.3 is 4.57 Å². The quantitative estimate of drug-likeness (QED) is 0.341. The summed E-state index contributed by atoms with van der Waals surface area (Å²) in [4.78, 5) is 17.1. The van der Waals surface area contributed by atoms with Gasteiger partial charge >= 0.3 is 0 Å². The number of benzene rings is 1. The number of nitrogens with zero attached hydrogens (tertiary/aromatic N) is 4. The summed E-state index contributed by atoms with van der Waals surface area (Å²) in [7, 11) is 0. The highest BCUT2D eigenvalue weighted by Crippen LogP contribution is 2.31. The number of aryl methyl sites for hydroxylation is 3. The first-order chi connectivity index (χ1) is 16.3. The molecule has 0 unspecified atom stereocenters. The first kappa shape index (κ1) is 24.2. The fourth-order valence-corrected chi connectivity index (χ4v) is 5.29. The monoisotopic (exact) mass is 475 g/mol. The average molecular weight is 476 g/mol. The van der Waals surface area contributed by atoms with Gasteiger partial charge in [-0.2, -0.15) is 15.1 Å². The lowest BCUT2D eigenvalue weighted by Gasteiger charge is -2.20. The van der Waals surface area contributed by atoms with Crippen LogP contribution in [0, 0.1) is 33.1 Å². The Morgan fingerprint density at radius 2 is 1.79 bits per heavy atom. The molecule has 6 nitrogen and oxygen atoms in total. The largest absolute Gasteiger partial charge is 0.318 e. The molecule has 0 saturated heterocycles. The molecule has 178 valence electrons. The predicted molar refractivity (Wildman–Crippen MR) is 143 cm³/mol. The topological polar surface area (TPSA) is 73.8 Å². The third-order valence-corrected chi connectivity index (χ3v) is 7.48. The number of thioether (sulfide) groups is 1. The van der Waals surface area contributed by atoms with E-state index in [1.165, 1.54) is 53.6 Å². The summed E-state index contributed by atoms with van der Waals surface area (Å²) in [6.07, 6.45) is 8.62. The Labute approximate surface area is 206 Å². The Kier molecular flexibility index (Phi) is 7.22. The molecule has 0 bridgehead atoms. The van der Waals surface area contributed by atoms with Crippen LogP contribution in [0.15, 0.2) is 39.9 Å². The molecule has 2 aliphatic rings. The van der Waals surface area contributed by atoms with Crippen molar-refractivity contribution in [1.82, 2.24) is 9.58 Å². The van der Waals surface area contributed by atoms with Crippen LogP contribution in [0.4, 0.5) is 0 Å². The van der Waals surface area contributed by atoms with E-state index in [2.05, 4.69) is 66.6 Å². The van der Waals surface area contributed by atoms with Crippen molar-refractivity contribution < 1.29 is 4.79 Å². The summed E-state index contributed by atoms with van der Waals surface area (Å²) in [6, 6.07) is 8.48. The van der Waals surface area contributed by atoms with E-state index in [4.69, 9.17) is 5.41 Å². The molecular weight excluding hydrogens is 442 g/mol. The maximum atomic E-state index is 12.9. The molecular formula is C27H33N5OS. The van der Waals surface area contributed by atoms with Crippen LogP contribution >= 0.6 is 11.8 Å². The highest BCUT2D eigenvalue weighted by molar-refractivity contribution is 8.26. The van der Waals surface area contributed by atoms with Gasteiger partial charge in [-0.15, -0.1) is 0 Å². The molecule has 0 fully saturated rings. The standard InChI is InChI=1S/C27H33N5OS/c1-6-7-8-9-10-11-24-30-32-25(28)23(26(33)29-27(32)34-24)16-21-15-19(4)31(20(21)5)22-13-12-17(2)18(3)14-22/h12-16,28H,6-11H2,1-5H3. The molecule has 2 aromatic rings. The number of hydrogen-bond donors (Lipinski definition) is 1. The van der Waals surface area contributed by atoms with E-state index >= 15 is 0 Å². The van der Waals surface area contributed by atoms with Gasteiger partial charge in [0.15, 0.2) is 5.84 Å². The van der Waals surface area contributed by atoms with Crippen LogP contribution in [-0.2, 0) is 4.79 Å². The van der Waals surface area contributed by atoms with Crippen molar-refractivity contribution in [1.29, 1.82) is 5.41 Å². The van der Waals surface area contributed by atoms with Crippen molar-refractivity contribution >= 4 is 39.8 Å². The number of hydrogen-bond acceptors (Lipinski definition) is 4. The number of amidine groups is 2. The third-order valence-electron chi connectivity index (χ3n) is 6.51. The second kappa shape index (κ2) is 10.1. The average Bonchev–Trinajstić information content (AvgIpc) is 3.33. The van der Waals surface area contributed by atoms with Crippen LogP contribution in [0.5, 0.6) is 0 Å². The number of aromatic nitrogens is 1. The zero-order chi connectivity index (χ0) is 24.4. The van der Waals surface area contributed by atoms with E-state index in [-0.39, 0.29) is 17.3 Å². The summed E-state index contributed by atoms with van der Waals surface area (Å²) < 4.78 is 2.19. The van der Waals surface area contributed by atoms with Crippen LogP contribution in [-0.4, -0.2) is 31.5 Å². The summed E-state index contributed by atoms with van der Waals surface area (Å²) in [5.41, 5.74) is 6.88. The van der Waals surface area contributed by atoms with E-state index < -0.39 is 0 Å². The molecule has 0 atom stereocenters. The number of unbranched alkanes of at least 4 members (excludes halogenated alkanes) is 4. The van der Waals surface area contributed by atoms with Gasteiger partial charge in [0.25, 0.3) is 5.91 Å². The number of carbonyl (C=O) groups excluding carboxylic acids is 1. The van der Waals surface area contributed by atoms with Crippen molar-refractivity contribution in [2.24, 2.45) is 10.1 Å². The minimum absolute atomic E-state index is 0.0967. The number of hydrazone groups is 1. The van der Waals surface area contributed by atoms with Crippen LogP contribution < -0.4 is 0 Å². The van der Waals surface area contributed by atoms with Crippen molar-refractivity contribution in [3.05, 3.63) is 57.9 Å². The molecule has 2 aliphatic heterocycles. The number of carbonyl (C=O) groups is 1. The molecule has 7 heteroatoms. The van der Waals surface area contributed by atoms with Gasteiger partial charge in [-0.3, -0.25) is 10.2 Å². The van der Waals surface area contributed by atoms with Crippen LogP contribution in [0.1, 0.15) is 73.5 Å². The highest BCUT2D eigenvalue weighted by atomic mass is 32.2. The van der Waals surface area contributed by atoms with Gasteiger partial charge in [-0.05, 0) is 93.3 Å². The minimum Gasteiger partial charge on any atom is -0.318 e. The highest BCUT2D eigenvalue weighted by Gasteiger charge is 2.35. The molecule has 0 spiro atoms. The zero-order valence-electron chi connectivity index (χ0n) is 20.7. The van der Waals surface area contributed by atoms with E-state index in [0.717, 1.165) is 40.5 Å². The molecule has 0 aliphatic carbocycles. The predicted octanol–water partition coefficient (Wildman–Crippen LogP) is 6.69. The fraction of sp³-hybridized carbons (Fsp3) is 0.407. The van der Waals surface area contributed by atoms with Crippen molar-refractivity contribution in [3.63, 3.8) is 0 Å². The zero-order valence-corrected chi connectivity index (χ0v) is 21.6.